The Kier molecular flexibility index (Phi) is 5.77. The lowest BCUT2D eigenvalue weighted by molar-refractivity contribution is -0.341. The van der Waals surface area contributed by atoms with Gasteiger partial charge < -0.3 is 24.6 Å². The molecule has 5 atom stereocenters. The van der Waals surface area contributed by atoms with Crippen molar-refractivity contribution in [2.24, 2.45) is 0 Å². The van der Waals surface area contributed by atoms with Gasteiger partial charge in [-0.1, -0.05) is 27.7 Å². The molecule has 0 radical (unpaired) electrons. The minimum Gasteiger partial charge on any atom is -0.388 e. The molecule has 8 heteroatoms. The summed E-state index contributed by atoms with van der Waals surface area (Å²) in [5.41, 5.74) is -0.449. The lowest BCUT2D eigenvalue weighted by Crippen LogP contribution is -2.67. The zero-order chi connectivity index (χ0) is 18.2. The van der Waals surface area contributed by atoms with Crippen molar-refractivity contribution in [2.75, 3.05) is 6.61 Å². The van der Waals surface area contributed by atoms with Gasteiger partial charge in [0.1, 0.15) is 23.7 Å². The molecule has 0 spiro atoms. The van der Waals surface area contributed by atoms with E-state index in [0.29, 0.717) is 6.61 Å². The van der Waals surface area contributed by atoms with E-state index in [2.05, 4.69) is 21.2 Å². The van der Waals surface area contributed by atoms with Crippen molar-refractivity contribution in [3.63, 3.8) is 0 Å². The van der Waals surface area contributed by atoms with E-state index in [9.17, 15) is 9.90 Å². The van der Waals surface area contributed by atoms with E-state index in [1.54, 1.807) is 13.8 Å². The molecule has 1 amide bonds. The van der Waals surface area contributed by atoms with Crippen LogP contribution in [0.1, 0.15) is 20.8 Å². The van der Waals surface area contributed by atoms with Crippen molar-refractivity contribution in [3.8, 4) is 0 Å². The third-order valence-corrected chi connectivity index (χ3v) is 5.83. The van der Waals surface area contributed by atoms with Crippen LogP contribution in [-0.2, 0) is 19.0 Å². The molecule has 3 rings (SSSR count). The topological polar surface area (TPSA) is 77.0 Å². The Bertz CT molecular complexity index is 626. The van der Waals surface area contributed by atoms with E-state index >= 15 is 0 Å². The van der Waals surface area contributed by atoms with Gasteiger partial charge in [0.2, 0.25) is 5.91 Å². The Hall–Kier alpha value is -0.640. The molecule has 2 fully saturated rings. The van der Waals surface area contributed by atoms with Crippen molar-refractivity contribution >= 4 is 33.6 Å². The highest BCUT2D eigenvalue weighted by Gasteiger charge is 2.51. The summed E-state index contributed by atoms with van der Waals surface area (Å²) in [7, 11) is 0. The minimum atomic E-state index is -0.890. The number of rotatable bonds is 3. The zero-order valence-corrected chi connectivity index (χ0v) is 16.7. The van der Waals surface area contributed by atoms with E-state index in [1.807, 2.05) is 24.3 Å². The van der Waals surface area contributed by atoms with E-state index < -0.39 is 29.5 Å². The molecular weight excluding hydrogens is 410 g/mol. The molecule has 2 N–H and O–H groups in total. The first-order valence-electron chi connectivity index (χ1n) is 8.10. The van der Waals surface area contributed by atoms with Crippen LogP contribution in [0.25, 0.3) is 0 Å². The summed E-state index contributed by atoms with van der Waals surface area (Å²) < 4.78 is 18.6. The highest BCUT2D eigenvalue weighted by molar-refractivity contribution is 9.10. The lowest BCUT2D eigenvalue weighted by Gasteiger charge is -2.49. The number of thioether (sulfide) groups is 1. The Balaban J connectivity index is 1.80. The summed E-state index contributed by atoms with van der Waals surface area (Å²) in [6.45, 7) is 5.35. The summed E-state index contributed by atoms with van der Waals surface area (Å²) in [5, 5.41) is 13.7. The summed E-state index contributed by atoms with van der Waals surface area (Å²) in [6.07, 6.45) is -1.83. The molecule has 138 valence electrons. The fourth-order valence-corrected chi connectivity index (χ4v) is 4.38. The maximum Gasteiger partial charge on any atom is 0.217 e. The second-order valence-corrected chi connectivity index (χ2v) is 8.71. The molecule has 2 aliphatic rings. The Labute approximate surface area is 159 Å². The van der Waals surface area contributed by atoms with Crippen LogP contribution >= 0.6 is 27.7 Å². The van der Waals surface area contributed by atoms with Crippen LogP contribution in [0.2, 0.25) is 0 Å². The predicted molar refractivity (Wildman–Crippen MR) is 97.2 cm³/mol. The quantitative estimate of drug-likeness (QED) is 0.764. The Morgan fingerprint density at radius 2 is 2.04 bits per heavy atom. The van der Waals surface area contributed by atoms with Gasteiger partial charge in [0, 0.05) is 16.3 Å². The van der Waals surface area contributed by atoms with Crippen molar-refractivity contribution in [2.45, 2.75) is 61.2 Å². The van der Waals surface area contributed by atoms with Crippen LogP contribution in [0.15, 0.2) is 33.6 Å². The Morgan fingerprint density at radius 1 is 1.36 bits per heavy atom. The number of benzene rings is 1. The number of nitrogens with one attached hydrogen (secondary N) is 1. The monoisotopic (exact) mass is 431 g/mol. The number of ether oxygens (including phenoxy) is 3. The SMILES string of the molecule is CC(=O)NC1C(Sc2ccc(Br)cc2)OC2COC(C)(C)OC2C1O. The number of hydrogen-bond donors (Lipinski definition) is 2. The highest BCUT2D eigenvalue weighted by Crippen LogP contribution is 2.38. The molecule has 2 aliphatic heterocycles. The van der Waals surface area contributed by atoms with Crippen LogP contribution < -0.4 is 5.32 Å². The van der Waals surface area contributed by atoms with Crippen molar-refractivity contribution in [3.05, 3.63) is 28.7 Å². The van der Waals surface area contributed by atoms with Gasteiger partial charge in [0.15, 0.2) is 5.79 Å². The summed E-state index contributed by atoms with van der Waals surface area (Å²) in [5.74, 6) is -1.02. The zero-order valence-electron chi connectivity index (χ0n) is 14.3. The van der Waals surface area contributed by atoms with Crippen molar-refractivity contribution in [1.82, 2.24) is 5.32 Å². The number of carbonyl (C=O) groups is 1. The standard InChI is InChI=1S/C17H22BrNO5S/c1-9(20)19-13-14(21)15-12(8-22-17(2,3)24-15)23-16(13)25-11-6-4-10(18)5-7-11/h4-7,12-16,21H,8H2,1-3H3,(H,19,20). The highest BCUT2D eigenvalue weighted by atomic mass is 79.9. The lowest BCUT2D eigenvalue weighted by atomic mass is 9.96. The van der Waals surface area contributed by atoms with Crippen LogP contribution in [0.3, 0.4) is 0 Å². The molecule has 2 saturated heterocycles. The van der Waals surface area contributed by atoms with Gasteiger partial charge in [-0.05, 0) is 38.1 Å². The van der Waals surface area contributed by atoms with E-state index in [0.717, 1.165) is 9.37 Å². The average molecular weight is 432 g/mol. The second-order valence-electron chi connectivity index (χ2n) is 6.62. The summed E-state index contributed by atoms with van der Waals surface area (Å²) >= 11 is 4.86. The van der Waals surface area contributed by atoms with E-state index in [-0.39, 0.29) is 12.0 Å². The molecule has 1 aromatic rings. The second kappa shape index (κ2) is 7.54. The first-order chi connectivity index (χ1) is 11.7. The van der Waals surface area contributed by atoms with Gasteiger partial charge in [-0.25, -0.2) is 0 Å². The number of amides is 1. The van der Waals surface area contributed by atoms with Crippen LogP contribution in [0.5, 0.6) is 0 Å². The maximum atomic E-state index is 11.6. The average Bonchev–Trinajstić information content (AvgIpc) is 2.53. The molecular formula is C17H22BrNO5S. The molecule has 2 heterocycles. The van der Waals surface area contributed by atoms with Crippen molar-refractivity contribution in [1.29, 1.82) is 0 Å². The number of halogens is 1. The summed E-state index contributed by atoms with van der Waals surface area (Å²) in [4.78, 5) is 12.6. The van der Waals surface area contributed by atoms with Gasteiger partial charge in [0.25, 0.3) is 0 Å². The fourth-order valence-electron chi connectivity index (χ4n) is 2.98. The Morgan fingerprint density at radius 3 is 2.68 bits per heavy atom. The molecule has 0 aromatic heterocycles. The van der Waals surface area contributed by atoms with Gasteiger partial charge >= 0.3 is 0 Å². The van der Waals surface area contributed by atoms with E-state index in [1.165, 1.54) is 18.7 Å². The minimum absolute atomic E-state index is 0.223. The predicted octanol–water partition coefficient (Wildman–Crippen LogP) is 2.28. The van der Waals surface area contributed by atoms with Gasteiger partial charge in [-0.15, -0.1) is 0 Å². The van der Waals surface area contributed by atoms with Crippen LogP contribution in [-0.4, -0.2) is 53.2 Å². The van der Waals surface area contributed by atoms with Crippen LogP contribution in [0, 0.1) is 0 Å². The number of carbonyl (C=O) groups excluding carboxylic acids is 1. The number of aliphatic hydroxyl groups excluding tert-OH is 1. The van der Waals surface area contributed by atoms with Crippen LogP contribution in [0.4, 0.5) is 0 Å². The molecule has 0 aliphatic carbocycles. The maximum absolute atomic E-state index is 11.6. The van der Waals surface area contributed by atoms with E-state index in [4.69, 9.17) is 14.2 Å². The smallest absolute Gasteiger partial charge is 0.217 e. The molecule has 0 saturated carbocycles. The van der Waals surface area contributed by atoms with Crippen molar-refractivity contribution < 1.29 is 24.1 Å². The summed E-state index contributed by atoms with van der Waals surface area (Å²) in [6, 6.07) is 7.21. The molecule has 25 heavy (non-hydrogen) atoms. The largest absolute Gasteiger partial charge is 0.388 e. The first-order valence-corrected chi connectivity index (χ1v) is 9.77. The number of aliphatic hydroxyl groups is 1. The fraction of sp³-hybridized carbons (Fsp3) is 0.588. The molecule has 5 unspecified atom stereocenters. The third kappa shape index (κ3) is 4.56. The van der Waals surface area contributed by atoms with Gasteiger partial charge in [-0.3, -0.25) is 4.79 Å². The number of hydrogen-bond acceptors (Lipinski definition) is 6. The molecule has 0 bridgehead atoms. The normalized spacial score (nSPS) is 34.2. The molecule has 6 nitrogen and oxygen atoms in total. The van der Waals surface area contributed by atoms with Gasteiger partial charge in [-0.2, -0.15) is 0 Å². The van der Waals surface area contributed by atoms with Gasteiger partial charge in [0.05, 0.1) is 12.6 Å². The molecule has 1 aromatic carbocycles. The third-order valence-electron chi connectivity index (χ3n) is 4.12. The number of fused-ring (bicyclic) bond motifs is 1. The first kappa shape index (κ1) is 19.1.